The standard InChI is InChI=1S/C16H24O10/c1-6-8(19)2-16(23)7(3-17)5-24-14(10(6)16)26-15-13(22)12(21)11(20)9(4-18)25-15/h3,5-6,8-15,18-23H,2,4H2,1H3/t6-,8+,9-,10+,11-,12+,13-,14+,15+,16+/m1/s1. The summed E-state index contributed by atoms with van der Waals surface area (Å²) in [6.07, 6.45) is -8.12. The van der Waals surface area contributed by atoms with Gasteiger partial charge in [0.1, 0.15) is 30.0 Å². The molecule has 10 nitrogen and oxygen atoms in total. The van der Waals surface area contributed by atoms with Crippen molar-refractivity contribution < 1.29 is 49.6 Å². The third kappa shape index (κ3) is 2.96. The highest BCUT2D eigenvalue weighted by atomic mass is 16.8. The molecule has 6 N–H and O–H groups in total. The third-order valence-electron chi connectivity index (χ3n) is 5.61. The quantitative estimate of drug-likeness (QED) is 0.278. The number of aliphatic hydroxyl groups is 6. The van der Waals surface area contributed by atoms with E-state index in [1.54, 1.807) is 6.92 Å². The molecule has 0 aromatic heterocycles. The lowest BCUT2D eigenvalue weighted by molar-refractivity contribution is -0.346. The van der Waals surface area contributed by atoms with Crippen molar-refractivity contribution >= 4 is 6.29 Å². The van der Waals surface area contributed by atoms with Crippen molar-refractivity contribution in [3.8, 4) is 0 Å². The first kappa shape index (κ1) is 19.6. The fourth-order valence-corrected chi connectivity index (χ4v) is 3.98. The second-order valence-corrected chi connectivity index (χ2v) is 7.11. The Morgan fingerprint density at radius 1 is 1.23 bits per heavy atom. The summed E-state index contributed by atoms with van der Waals surface area (Å²) in [6.45, 7) is 1.04. The molecule has 1 aliphatic carbocycles. The first-order valence-electron chi connectivity index (χ1n) is 8.42. The molecular weight excluding hydrogens is 352 g/mol. The van der Waals surface area contributed by atoms with Crippen LogP contribution in [-0.4, -0.2) is 92.2 Å². The summed E-state index contributed by atoms with van der Waals surface area (Å²) in [5.41, 5.74) is -1.70. The largest absolute Gasteiger partial charge is 0.471 e. The number of rotatable bonds is 4. The van der Waals surface area contributed by atoms with Gasteiger partial charge in [-0.2, -0.15) is 0 Å². The molecule has 0 radical (unpaired) electrons. The van der Waals surface area contributed by atoms with Crippen molar-refractivity contribution in [3.05, 3.63) is 11.8 Å². The minimum Gasteiger partial charge on any atom is -0.471 e. The number of ether oxygens (including phenoxy) is 3. The normalized spacial score (nSPS) is 51.3. The molecule has 0 bridgehead atoms. The Morgan fingerprint density at radius 3 is 2.54 bits per heavy atom. The van der Waals surface area contributed by atoms with E-state index in [4.69, 9.17) is 14.2 Å². The van der Waals surface area contributed by atoms with Gasteiger partial charge in [0, 0.05) is 6.42 Å². The highest BCUT2D eigenvalue weighted by Gasteiger charge is 2.60. The molecule has 3 aliphatic rings. The third-order valence-corrected chi connectivity index (χ3v) is 5.61. The highest BCUT2D eigenvalue weighted by molar-refractivity contribution is 5.76. The molecule has 2 aliphatic heterocycles. The Bertz CT molecular complexity index is 565. The van der Waals surface area contributed by atoms with E-state index < -0.39 is 67.1 Å². The van der Waals surface area contributed by atoms with E-state index >= 15 is 0 Å². The van der Waals surface area contributed by atoms with Gasteiger partial charge in [0.05, 0.1) is 30.5 Å². The Morgan fingerprint density at radius 2 is 1.92 bits per heavy atom. The predicted octanol–water partition coefficient (Wildman–Crippen LogP) is -3.01. The van der Waals surface area contributed by atoms with Crippen LogP contribution in [0.2, 0.25) is 0 Å². The summed E-state index contributed by atoms with van der Waals surface area (Å²) < 4.78 is 16.2. The summed E-state index contributed by atoms with van der Waals surface area (Å²) >= 11 is 0. The molecule has 10 atom stereocenters. The second-order valence-electron chi connectivity index (χ2n) is 7.11. The molecule has 0 amide bonds. The minimum atomic E-state index is -1.67. The molecule has 0 aromatic carbocycles. The zero-order valence-electron chi connectivity index (χ0n) is 14.1. The lowest BCUT2D eigenvalue weighted by Gasteiger charge is -2.44. The van der Waals surface area contributed by atoms with Crippen LogP contribution in [0.15, 0.2) is 11.8 Å². The van der Waals surface area contributed by atoms with E-state index in [0.29, 0.717) is 6.29 Å². The van der Waals surface area contributed by atoms with Gasteiger partial charge >= 0.3 is 0 Å². The number of carbonyl (C=O) groups is 1. The molecule has 3 rings (SSSR count). The van der Waals surface area contributed by atoms with Crippen molar-refractivity contribution in [3.63, 3.8) is 0 Å². The average Bonchev–Trinajstić information content (AvgIpc) is 2.85. The van der Waals surface area contributed by atoms with Gasteiger partial charge in [-0.25, -0.2) is 0 Å². The van der Waals surface area contributed by atoms with Gasteiger partial charge in [0.15, 0.2) is 12.6 Å². The summed E-state index contributed by atoms with van der Waals surface area (Å²) in [7, 11) is 0. The molecule has 26 heavy (non-hydrogen) atoms. The zero-order valence-corrected chi connectivity index (χ0v) is 14.1. The summed E-state index contributed by atoms with van der Waals surface area (Å²) in [5.74, 6) is -1.34. The number of aldehydes is 1. The van der Waals surface area contributed by atoms with E-state index in [-0.39, 0.29) is 12.0 Å². The van der Waals surface area contributed by atoms with Crippen molar-refractivity contribution in [1.29, 1.82) is 0 Å². The Labute approximate surface area is 149 Å². The molecule has 148 valence electrons. The lowest BCUT2D eigenvalue weighted by atomic mass is 9.79. The molecule has 2 fully saturated rings. The molecule has 1 saturated carbocycles. The first-order valence-corrected chi connectivity index (χ1v) is 8.42. The molecule has 0 aromatic rings. The van der Waals surface area contributed by atoms with Crippen LogP contribution in [0, 0.1) is 11.8 Å². The fraction of sp³-hybridized carbons (Fsp3) is 0.812. The summed E-state index contributed by atoms with van der Waals surface area (Å²) in [4.78, 5) is 11.2. The topological polar surface area (TPSA) is 166 Å². The van der Waals surface area contributed by atoms with Crippen LogP contribution in [-0.2, 0) is 19.0 Å². The van der Waals surface area contributed by atoms with Gasteiger partial charge in [-0.15, -0.1) is 0 Å². The Kier molecular flexibility index (Phi) is 5.39. The van der Waals surface area contributed by atoms with E-state index in [9.17, 15) is 35.4 Å². The van der Waals surface area contributed by atoms with E-state index in [1.165, 1.54) is 0 Å². The van der Waals surface area contributed by atoms with Crippen LogP contribution in [0.1, 0.15) is 13.3 Å². The van der Waals surface area contributed by atoms with Gasteiger partial charge in [-0.3, -0.25) is 4.79 Å². The van der Waals surface area contributed by atoms with Crippen LogP contribution in [0.4, 0.5) is 0 Å². The lowest BCUT2D eigenvalue weighted by Crippen LogP contribution is -2.61. The highest BCUT2D eigenvalue weighted by Crippen LogP contribution is 2.49. The van der Waals surface area contributed by atoms with Gasteiger partial charge in [0.2, 0.25) is 6.29 Å². The molecule has 0 unspecified atom stereocenters. The number of carbonyl (C=O) groups excluding carboxylic acids is 1. The maximum Gasteiger partial charge on any atom is 0.208 e. The average molecular weight is 376 g/mol. The summed E-state index contributed by atoms with van der Waals surface area (Å²) in [5, 5.41) is 60.0. The minimum absolute atomic E-state index is 0.0282. The number of hydrogen-bond donors (Lipinski definition) is 6. The van der Waals surface area contributed by atoms with Gasteiger partial charge in [-0.05, 0) is 5.92 Å². The van der Waals surface area contributed by atoms with Crippen LogP contribution in [0.25, 0.3) is 0 Å². The molecule has 10 heteroatoms. The predicted molar refractivity (Wildman–Crippen MR) is 82.1 cm³/mol. The van der Waals surface area contributed by atoms with E-state index in [0.717, 1.165) is 6.26 Å². The number of hydrogen-bond acceptors (Lipinski definition) is 10. The monoisotopic (exact) mass is 376 g/mol. The molecule has 0 spiro atoms. The Balaban J connectivity index is 1.83. The second kappa shape index (κ2) is 7.13. The van der Waals surface area contributed by atoms with Gasteiger partial charge in [0.25, 0.3) is 0 Å². The molecule has 1 saturated heterocycles. The SMILES string of the molecule is C[C@H]1[C@H]2[C@H](O[C@@H]3O[C@H](CO)[C@@H](O)[C@H](O)[C@H]3O)OC=C(C=O)[C@@]2(O)C[C@@H]1O. The van der Waals surface area contributed by atoms with Crippen molar-refractivity contribution in [2.75, 3.05) is 6.61 Å². The summed E-state index contributed by atoms with van der Waals surface area (Å²) in [6, 6.07) is 0. The zero-order chi connectivity index (χ0) is 19.2. The van der Waals surface area contributed by atoms with Crippen molar-refractivity contribution in [2.24, 2.45) is 11.8 Å². The van der Waals surface area contributed by atoms with Crippen molar-refractivity contribution in [2.45, 2.75) is 62.0 Å². The van der Waals surface area contributed by atoms with Crippen LogP contribution in [0.5, 0.6) is 0 Å². The maximum atomic E-state index is 11.2. The van der Waals surface area contributed by atoms with Crippen LogP contribution in [0.3, 0.4) is 0 Å². The van der Waals surface area contributed by atoms with Gasteiger partial charge < -0.3 is 44.8 Å². The number of fused-ring (bicyclic) bond motifs is 1. The first-order chi connectivity index (χ1) is 12.2. The van der Waals surface area contributed by atoms with Gasteiger partial charge in [-0.1, -0.05) is 6.92 Å². The smallest absolute Gasteiger partial charge is 0.208 e. The van der Waals surface area contributed by atoms with E-state index in [2.05, 4.69) is 0 Å². The maximum absolute atomic E-state index is 11.2. The fourth-order valence-electron chi connectivity index (χ4n) is 3.98. The van der Waals surface area contributed by atoms with E-state index in [1.807, 2.05) is 0 Å². The molecular formula is C16H24O10. The van der Waals surface area contributed by atoms with Crippen molar-refractivity contribution in [1.82, 2.24) is 0 Å². The molecule has 2 heterocycles. The van der Waals surface area contributed by atoms with Crippen LogP contribution < -0.4 is 0 Å². The number of aliphatic hydroxyl groups excluding tert-OH is 5. The Hall–Kier alpha value is -1.11. The van der Waals surface area contributed by atoms with Crippen LogP contribution >= 0.6 is 0 Å².